The van der Waals surface area contributed by atoms with Crippen LogP contribution in [0.15, 0.2) is 12.3 Å². The summed E-state index contributed by atoms with van der Waals surface area (Å²) in [5, 5.41) is 8.61. The number of pyridine rings is 1. The van der Waals surface area contributed by atoms with Gasteiger partial charge in [0.1, 0.15) is 12.2 Å². The standard InChI is InChI=1S/C10H11N3O/c11-5-7-4-9(12)10(13-6-7)14-8-2-1-3-8/h4,6,8H,1-3,12H2. The second-order valence-corrected chi connectivity index (χ2v) is 3.40. The summed E-state index contributed by atoms with van der Waals surface area (Å²) in [6, 6.07) is 3.56. The van der Waals surface area contributed by atoms with Gasteiger partial charge in [-0.3, -0.25) is 0 Å². The predicted molar refractivity (Wildman–Crippen MR) is 51.6 cm³/mol. The van der Waals surface area contributed by atoms with Crippen molar-refractivity contribution in [3.8, 4) is 11.9 Å². The quantitative estimate of drug-likeness (QED) is 0.764. The molecule has 0 saturated heterocycles. The van der Waals surface area contributed by atoms with E-state index in [9.17, 15) is 0 Å². The molecule has 0 amide bonds. The van der Waals surface area contributed by atoms with Gasteiger partial charge in [0.2, 0.25) is 5.88 Å². The van der Waals surface area contributed by atoms with Crippen LogP contribution in [0.3, 0.4) is 0 Å². The summed E-state index contributed by atoms with van der Waals surface area (Å²) >= 11 is 0. The third-order valence-corrected chi connectivity index (χ3v) is 2.34. The van der Waals surface area contributed by atoms with E-state index in [0.29, 0.717) is 17.1 Å². The number of ether oxygens (including phenoxy) is 1. The van der Waals surface area contributed by atoms with Crippen LogP contribution >= 0.6 is 0 Å². The molecule has 1 aliphatic rings. The van der Waals surface area contributed by atoms with Crippen molar-refractivity contribution in [2.75, 3.05) is 5.73 Å². The fourth-order valence-corrected chi connectivity index (χ4v) is 1.28. The van der Waals surface area contributed by atoms with E-state index in [1.165, 1.54) is 12.6 Å². The SMILES string of the molecule is N#Cc1cnc(OC2CCC2)c(N)c1. The molecule has 0 aliphatic heterocycles. The number of hydrogen-bond donors (Lipinski definition) is 1. The van der Waals surface area contributed by atoms with Crippen LogP contribution in [0.25, 0.3) is 0 Å². The van der Waals surface area contributed by atoms with Crippen molar-refractivity contribution in [1.29, 1.82) is 5.26 Å². The first-order chi connectivity index (χ1) is 6.79. The van der Waals surface area contributed by atoms with E-state index in [0.717, 1.165) is 12.8 Å². The molecule has 14 heavy (non-hydrogen) atoms. The first-order valence-electron chi connectivity index (χ1n) is 4.62. The van der Waals surface area contributed by atoms with E-state index >= 15 is 0 Å². The Morgan fingerprint density at radius 2 is 2.36 bits per heavy atom. The van der Waals surface area contributed by atoms with Crippen LogP contribution in [-0.2, 0) is 0 Å². The highest BCUT2D eigenvalue weighted by molar-refractivity contribution is 5.52. The highest BCUT2D eigenvalue weighted by Gasteiger charge is 2.20. The van der Waals surface area contributed by atoms with E-state index in [1.54, 1.807) is 6.07 Å². The fourth-order valence-electron chi connectivity index (χ4n) is 1.28. The fraction of sp³-hybridized carbons (Fsp3) is 0.400. The lowest BCUT2D eigenvalue weighted by atomic mass is 9.96. The second-order valence-electron chi connectivity index (χ2n) is 3.40. The molecule has 4 heteroatoms. The number of aromatic nitrogens is 1. The summed E-state index contributed by atoms with van der Waals surface area (Å²) in [6.45, 7) is 0. The minimum absolute atomic E-state index is 0.262. The van der Waals surface area contributed by atoms with Crippen molar-refractivity contribution in [2.24, 2.45) is 0 Å². The van der Waals surface area contributed by atoms with Gasteiger partial charge in [0, 0.05) is 6.20 Å². The molecule has 72 valence electrons. The van der Waals surface area contributed by atoms with Gasteiger partial charge in [0.15, 0.2) is 0 Å². The van der Waals surface area contributed by atoms with Crippen LogP contribution in [-0.4, -0.2) is 11.1 Å². The molecule has 0 radical (unpaired) electrons. The second kappa shape index (κ2) is 3.54. The van der Waals surface area contributed by atoms with Crippen molar-refractivity contribution in [2.45, 2.75) is 25.4 Å². The Balaban J connectivity index is 2.14. The number of nitrogens with two attached hydrogens (primary N) is 1. The van der Waals surface area contributed by atoms with E-state index < -0.39 is 0 Å². The normalized spacial score (nSPS) is 15.6. The Labute approximate surface area is 82.3 Å². The summed E-state index contributed by atoms with van der Waals surface area (Å²) in [5.41, 5.74) is 6.59. The van der Waals surface area contributed by atoms with Crippen molar-refractivity contribution in [3.05, 3.63) is 17.8 Å². The number of nitrogen functional groups attached to an aromatic ring is 1. The summed E-state index contributed by atoms with van der Waals surface area (Å²) < 4.78 is 5.54. The molecule has 1 heterocycles. The molecular formula is C10H11N3O. The molecular weight excluding hydrogens is 178 g/mol. The van der Waals surface area contributed by atoms with Crippen LogP contribution < -0.4 is 10.5 Å². The Kier molecular flexibility index (Phi) is 2.23. The van der Waals surface area contributed by atoms with E-state index in [4.69, 9.17) is 15.7 Å². The molecule has 1 fully saturated rings. The molecule has 2 rings (SSSR count). The van der Waals surface area contributed by atoms with Gasteiger partial charge in [-0.2, -0.15) is 5.26 Å². The van der Waals surface area contributed by atoms with Gasteiger partial charge in [-0.15, -0.1) is 0 Å². The van der Waals surface area contributed by atoms with Crippen molar-refractivity contribution in [1.82, 2.24) is 4.98 Å². The summed E-state index contributed by atoms with van der Waals surface area (Å²) in [5.74, 6) is 0.453. The number of rotatable bonds is 2. The number of hydrogen-bond acceptors (Lipinski definition) is 4. The van der Waals surface area contributed by atoms with E-state index in [1.807, 2.05) is 6.07 Å². The van der Waals surface area contributed by atoms with E-state index in [-0.39, 0.29) is 6.10 Å². The molecule has 0 spiro atoms. The van der Waals surface area contributed by atoms with Gasteiger partial charge in [-0.05, 0) is 25.3 Å². The van der Waals surface area contributed by atoms with Crippen molar-refractivity contribution < 1.29 is 4.74 Å². The molecule has 4 nitrogen and oxygen atoms in total. The summed E-state index contributed by atoms with van der Waals surface area (Å²) in [6.07, 6.45) is 5.09. The third-order valence-electron chi connectivity index (χ3n) is 2.34. The largest absolute Gasteiger partial charge is 0.473 e. The third kappa shape index (κ3) is 1.62. The van der Waals surface area contributed by atoms with Crippen LogP contribution in [0.4, 0.5) is 5.69 Å². The number of nitriles is 1. The minimum atomic E-state index is 0.262. The maximum absolute atomic E-state index is 8.61. The topological polar surface area (TPSA) is 71.9 Å². The monoisotopic (exact) mass is 189 g/mol. The van der Waals surface area contributed by atoms with Gasteiger partial charge in [0.25, 0.3) is 0 Å². The lowest BCUT2D eigenvalue weighted by Crippen LogP contribution is -2.25. The van der Waals surface area contributed by atoms with Crippen LogP contribution in [0.5, 0.6) is 5.88 Å². The van der Waals surface area contributed by atoms with Crippen molar-refractivity contribution in [3.63, 3.8) is 0 Å². The van der Waals surface area contributed by atoms with Crippen LogP contribution in [0.2, 0.25) is 0 Å². The molecule has 1 aromatic rings. The lowest BCUT2D eigenvalue weighted by molar-refractivity contribution is 0.115. The van der Waals surface area contributed by atoms with Gasteiger partial charge < -0.3 is 10.5 Å². The minimum Gasteiger partial charge on any atom is -0.473 e. The average Bonchev–Trinajstić information content (AvgIpc) is 2.13. The van der Waals surface area contributed by atoms with Gasteiger partial charge in [-0.25, -0.2) is 4.98 Å². The summed E-state index contributed by atoms with van der Waals surface area (Å²) in [4.78, 5) is 4.00. The molecule has 0 bridgehead atoms. The zero-order valence-corrected chi connectivity index (χ0v) is 7.73. The number of anilines is 1. The highest BCUT2D eigenvalue weighted by atomic mass is 16.5. The van der Waals surface area contributed by atoms with E-state index in [2.05, 4.69) is 4.98 Å². The summed E-state index contributed by atoms with van der Waals surface area (Å²) in [7, 11) is 0. The van der Waals surface area contributed by atoms with Gasteiger partial charge in [-0.1, -0.05) is 0 Å². The molecule has 0 unspecified atom stereocenters. The van der Waals surface area contributed by atoms with Gasteiger partial charge >= 0.3 is 0 Å². The molecule has 0 atom stereocenters. The maximum atomic E-state index is 8.61. The Hall–Kier alpha value is -1.76. The zero-order valence-electron chi connectivity index (χ0n) is 7.73. The first-order valence-corrected chi connectivity index (χ1v) is 4.62. The Bertz CT molecular complexity index is 379. The maximum Gasteiger partial charge on any atom is 0.237 e. The molecule has 1 saturated carbocycles. The average molecular weight is 189 g/mol. The van der Waals surface area contributed by atoms with Gasteiger partial charge in [0.05, 0.1) is 11.3 Å². The Morgan fingerprint density at radius 3 is 2.86 bits per heavy atom. The Morgan fingerprint density at radius 1 is 1.57 bits per heavy atom. The van der Waals surface area contributed by atoms with Crippen LogP contribution in [0, 0.1) is 11.3 Å². The lowest BCUT2D eigenvalue weighted by Gasteiger charge is -2.26. The first kappa shape index (κ1) is 8.82. The molecule has 1 aromatic heterocycles. The number of nitrogens with zero attached hydrogens (tertiary/aromatic N) is 2. The molecule has 1 aliphatic carbocycles. The predicted octanol–water partition coefficient (Wildman–Crippen LogP) is 1.47. The highest BCUT2D eigenvalue weighted by Crippen LogP contribution is 2.27. The van der Waals surface area contributed by atoms with Crippen molar-refractivity contribution >= 4 is 5.69 Å². The molecule has 0 aromatic carbocycles. The zero-order chi connectivity index (χ0) is 9.97. The molecule has 2 N–H and O–H groups in total. The smallest absolute Gasteiger partial charge is 0.237 e. The van der Waals surface area contributed by atoms with Crippen LogP contribution in [0.1, 0.15) is 24.8 Å².